The molecule has 0 saturated carbocycles. The van der Waals surface area contributed by atoms with Crippen molar-refractivity contribution in [3.05, 3.63) is 78.4 Å². The lowest BCUT2D eigenvalue weighted by molar-refractivity contribution is 0.415. The number of ether oxygens (including phenoxy) is 1. The number of hydrogen-bond donors (Lipinski definition) is 1. The summed E-state index contributed by atoms with van der Waals surface area (Å²) in [6.07, 6.45) is 6.02. The number of hydrogen-bond acceptors (Lipinski definition) is 2. The second-order valence-electron chi connectivity index (χ2n) is 4.49. The molecule has 0 fully saturated rings. The molecule has 1 atom stereocenters. The van der Waals surface area contributed by atoms with Crippen LogP contribution in [0.25, 0.3) is 6.08 Å². The first-order valence-corrected chi connectivity index (χ1v) is 6.46. The first-order chi connectivity index (χ1) is 9.72. The molecule has 2 nitrogen and oxygen atoms in total. The third-order valence-corrected chi connectivity index (χ3v) is 3.14. The van der Waals surface area contributed by atoms with Gasteiger partial charge in [0.25, 0.3) is 0 Å². The standard InChI is InChI=1S/C18H18O2/c1-3-15(16-8-10-17(19)11-9-16)7-4-14-5-12-18(20-2)13-6-14/h3-13,15,19H,1H2,2H3/t15-/m1/s1. The van der Waals surface area contributed by atoms with Crippen LogP contribution in [-0.4, -0.2) is 12.2 Å². The summed E-state index contributed by atoms with van der Waals surface area (Å²) in [6.45, 7) is 3.87. The quantitative estimate of drug-likeness (QED) is 0.814. The SMILES string of the molecule is C=C[C@H](C=Cc1ccc(OC)cc1)c1ccc(O)cc1. The van der Waals surface area contributed by atoms with E-state index >= 15 is 0 Å². The van der Waals surface area contributed by atoms with Gasteiger partial charge in [0.2, 0.25) is 0 Å². The van der Waals surface area contributed by atoms with Crippen molar-refractivity contribution < 1.29 is 9.84 Å². The number of benzene rings is 2. The number of rotatable bonds is 5. The number of phenols is 1. The Hall–Kier alpha value is -2.48. The Bertz CT molecular complexity index is 580. The maximum atomic E-state index is 9.31. The summed E-state index contributed by atoms with van der Waals surface area (Å²) >= 11 is 0. The molecular weight excluding hydrogens is 248 g/mol. The van der Waals surface area contributed by atoms with Crippen molar-refractivity contribution in [1.29, 1.82) is 0 Å². The zero-order valence-corrected chi connectivity index (χ0v) is 11.5. The molecule has 0 aliphatic heterocycles. The van der Waals surface area contributed by atoms with Crippen LogP contribution < -0.4 is 4.74 Å². The lowest BCUT2D eigenvalue weighted by atomic mass is 9.98. The van der Waals surface area contributed by atoms with Crippen LogP contribution in [-0.2, 0) is 0 Å². The molecule has 20 heavy (non-hydrogen) atoms. The van der Waals surface area contributed by atoms with Crippen molar-refractivity contribution in [3.63, 3.8) is 0 Å². The predicted molar refractivity (Wildman–Crippen MR) is 83.1 cm³/mol. The maximum Gasteiger partial charge on any atom is 0.118 e. The first kappa shape index (κ1) is 13.9. The molecule has 0 heterocycles. The summed E-state index contributed by atoms with van der Waals surface area (Å²) in [5.74, 6) is 1.24. The van der Waals surface area contributed by atoms with Crippen LogP contribution in [0.15, 0.2) is 67.3 Å². The van der Waals surface area contributed by atoms with Gasteiger partial charge in [-0.3, -0.25) is 0 Å². The fraction of sp³-hybridized carbons (Fsp3) is 0.111. The van der Waals surface area contributed by atoms with E-state index in [9.17, 15) is 5.11 Å². The van der Waals surface area contributed by atoms with Crippen LogP contribution in [0.2, 0.25) is 0 Å². The Labute approximate surface area is 119 Å². The molecule has 0 aliphatic rings. The minimum absolute atomic E-state index is 0.123. The fourth-order valence-electron chi connectivity index (χ4n) is 1.95. The molecular formula is C18H18O2. The van der Waals surface area contributed by atoms with Crippen molar-refractivity contribution in [1.82, 2.24) is 0 Å². The molecule has 0 aliphatic carbocycles. The second-order valence-corrected chi connectivity index (χ2v) is 4.49. The van der Waals surface area contributed by atoms with Gasteiger partial charge in [-0.15, -0.1) is 6.58 Å². The molecule has 0 spiro atoms. The highest BCUT2D eigenvalue weighted by Crippen LogP contribution is 2.22. The van der Waals surface area contributed by atoms with E-state index in [0.717, 1.165) is 16.9 Å². The Kier molecular flexibility index (Phi) is 4.61. The molecule has 0 bridgehead atoms. The average molecular weight is 266 g/mol. The number of methoxy groups -OCH3 is 1. The topological polar surface area (TPSA) is 29.5 Å². The summed E-state index contributed by atoms with van der Waals surface area (Å²) in [7, 11) is 1.66. The lowest BCUT2D eigenvalue weighted by Crippen LogP contribution is -1.89. The van der Waals surface area contributed by atoms with Gasteiger partial charge in [-0.1, -0.05) is 42.5 Å². The molecule has 0 saturated heterocycles. The van der Waals surface area contributed by atoms with E-state index in [-0.39, 0.29) is 11.7 Å². The van der Waals surface area contributed by atoms with Crippen LogP contribution in [0.4, 0.5) is 0 Å². The van der Waals surface area contributed by atoms with E-state index in [1.165, 1.54) is 0 Å². The average Bonchev–Trinajstić information content (AvgIpc) is 2.50. The monoisotopic (exact) mass is 266 g/mol. The molecule has 0 amide bonds. The van der Waals surface area contributed by atoms with Gasteiger partial charge >= 0.3 is 0 Å². The van der Waals surface area contributed by atoms with Crippen molar-refractivity contribution in [2.45, 2.75) is 5.92 Å². The summed E-state index contributed by atoms with van der Waals surface area (Å²) in [6, 6.07) is 15.1. The van der Waals surface area contributed by atoms with Crippen LogP contribution in [0, 0.1) is 0 Å². The van der Waals surface area contributed by atoms with Gasteiger partial charge in [0, 0.05) is 5.92 Å². The van der Waals surface area contributed by atoms with E-state index in [0.29, 0.717) is 0 Å². The van der Waals surface area contributed by atoms with E-state index in [4.69, 9.17) is 4.74 Å². The van der Waals surface area contributed by atoms with Crippen molar-refractivity contribution >= 4 is 6.08 Å². The van der Waals surface area contributed by atoms with Crippen LogP contribution in [0.3, 0.4) is 0 Å². The lowest BCUT2D eigenvalue weighted by Gasteiger charge is -2.08. The molecule has 102 valence electrons. The molecule has 1 N–H and O–H groups in total. The molecule has 2 heteroatoms. The molecule has 0 unspecified atom stereocenters. The van der Waals surface area contributed by atoms with Crippen LogP contribution in [0.5, 0.6) is 11.5 Å². The van der Waals surface area contributed by atoms with Crippen molar-refractivity contribution in [3.8, 4) is 11.5 Å². The Morgan fingerprint density at radius 2 is 1.70 bits per heavy atom. The van der Waals surface area contributed by atoms with E-state index in [1.54, 1.807) is 19.2 Å². The van der Waals surface area contributed by atoms with Gasteiger partial charge in [0.05, 0.1) is 7.11 Å². The second kappa shape index (κ2) is 6.62. The van der Waals surface area contributed by atoms with Gasteiger partial charge in [0.15, 0.2) is 0 Å². The van der Waals surface area contributed by atoms with Gasteiger partial charge in [0.1, 0.15) is 11.5 Å². The van der Waals surface area contributed by atoms with Gasteiger partial charge in [-0.25, -0.2) is 0 Å². The van der Waals surface area contributed by atoms with Gasteiger partial charge < -0.3 is 9.84 Å². The van der Waals surface area contributed by atoms with Gasteiger partial charge in [-0.05, 0) is 35.4 Å². The summed E-state index contributed by atoms with van der Waals surface area (Å²) in [5.41, 5.74) is 2.21. The zero-order chi connectivity index (χ0) is 14.4. The molecule has 0 radical (unpaired) electrons. The summed E-state index contributed by atoms with van der Waals surface area (Å²) in [5, 5.41) is 9.31. The third-order valence-electron chi connectivity index (χ3n) is 3.14. The van der Waals surface area contributed by atoms with Gasteiger partial charge in [-0.2, -0.15) is 0 Å². The Balaban J connectivity index is 2.14. The minimum atomic E-state index is 0.123. The summed E-state index contributed by atoms with van der Waals surface area (Å²) in [4.78, 5) is 0. The largest absolute Gasteiger partial charge is 0.508 e. The summed E-state index contributed by atoms with van der Waals surface area (Å²) < 4.78 is 5.13. The highest BCUT2D eigenvalue weighted by atomic mass is 16.5. The minimum Gasteiger partial charge on any atom is -0.508 e. The first-order valence-electron chi connectivity index (χ1n) is 6.46. The number of aromatic hydroxyl groups is 1. The molecule has 2 aromatic rings. The molecule has 2 aromatic carbocycles. The maximum absolute atomic E-state index is 9.31. The van der Waals surface area contributed by atoms with Crippen LogP contribution >= 0.6 is 0 Å². The third kappa shape index (κ3) is 3.51. The smallest absolute Gasteiger partial charge is 0.118 e. The molecule has 2 rings (SSSR count). The number of phenolic OH excluding ortho intramolecular Hbond substituents is 1. The Morgan fingerprint density at radius 1 is 1.05 bits per heavy atom. The fourth-order valence-corrected chi connectivity index (χ4v) is 1.95. The van der Waals surface area contributed by atoms with E-state index < -0.39 is 0 Å². The normalized spacial score (nSPS) is 12.2. The highest BCUT2D eigenvalue weighted by molar-refractivity contribution is 5.53. The molecule has 0 aromatic heterocycles. The Morgan fingerprint density at radius 3 is 2.25 bits per heavy atom. The van der Waals surface area contributed by atoms with Crippen LogP contribution in [0.1, 0.15) is 17.0 Å². The van der Waals surface area contributed by atoms with E-state index in [1.807, 2.05) is 42.5 Å². The highest BCUT2D eigenvalue weighted by Gasteiger charge is 2.03. The van der Waals surface area contributed by atoms with Crippen molar-refractivity contribution in [2.75, 3.05) is 7.11 Å². The number of allylic oxidation sites excluding steroid dienone is 2. The predicted octanol–water partition coefficient (Wildman–Crippen LogP) is 4.38. The van der Waals surface area contributed by atoms with E-state index in [2.05, 4.69) is 18.7 Å². The van der Waals surface area contributed by atoms with Crippen molar-refractivity contribution in [2.24, 2.45) is 0 Å². The zero-order valence-electron chi connectivity index (χ0n) is 11.5.